The van der Waals surface area contributed by atoms with Crippen LogP contribution in [0.4, 0.5) is 10.5 Å². The maximum Gasteiger partial charge on any atom is 0.405 e. The maximum absolute atomic E-state index is 12.3. The standard InChI is InChI=1S/C12H13ClN2O3S/c1-12(2)9(14-11(17)18)10(16)15(19-12)8-5-3-7(13)4-6-8/h3-6,9,14H,1-2H3,(H,17,18). The van der Waals surface area contributed by atoms with Crippen molar-refractivity contribution in [2.24, 2.45) is 0 Å². The Hall–Kier alpha value is -1.40. The Morgan fingerprint density at radius 3 is 2.53 bits per heavy atom. The number of carboxylic acid groups (broad SMARTS) is 1. The van der Waals surface area contributed by atoms with E-state index in [2.05, 4.69) is 5.32 Å². The van der Waals surface area contributed by atoms with Crippen molar-refractivity contribution < 1.29 is 14.7 Å². The fourth-order valence-electron chi connectivity index (χ4n) is 1.86. The molecule has 1 heterocycles. The van der Waals surface area contributed by atoms with Crippen LogP contribution in [0.2, 0.25) is 5.02 Å². The molecule has 2 N–H and O–H groups in total. The zero-order chi connectivity index (χ0) is 14.2. The Labute approximate surface area is 120 Å². The van der Waals surface area contributed by atoms with Gasteiger partial charge >= 0.3 is 6.09 Å². The van der Waals surface area contributed by atoms with Crippen LogP contribution in [-0.2, 0) is 4.79 Å². The number of hydrogen-bond donors (Lipinski definition) is 2. The molecule has 2 amide bonds. The predicted octanol–water partition coefficient (Wildman–Crippen LogP) is 2.75. The van der Waals surface area contributed by atoms with Gasteiger partial charge in [0, 0.05) is 5.02 Å². The molecule has 19 heavy (non-hydrogen) atoms. The topological polar surface area (TPSA) is 69.6 Å². The number of anilines is 1. The molecule has 1 aromatic carbocycles. The summed E-state index contributed by atoms with van der Waals surface area (Å²) in [7, 11) is 0. The highest BCUT2D eigenvalue weighted by molar-refractivity contribution is 8.03. The highest BCUT2D eigenvalue weighted by Crippen LogP contribution is 2.42. The summed E-state index contributed by atoms with van der Waals surface area (Å²) in [4.78, 5) is 23.1. The quantitative estimate of drug-likeness (QED) is 0.824. The van der Waals surface area contributed by atoms with Crippen molar-refractivity contribution in [3.8, 4) is 0 Å². The number of nitrogens with one attached hydrogen (secondary N) is 1. The van der Waals surface area contributed by atoms with Crippen LogP contribution >= 0.6 is 23.5 Å². The Bertz CT molecular complexity index is 518. The molecule has 2 rings (SSSR count). The van der Waals surface area contributed by atoms with Gasteiger partial charge in [-0.05, 0) is 50.1 Å². The third-order valence-corrected chi connectivity index (χ3v) is 4.33. The van der Waals surface area contributed by atoms with Crippen molar-refractivity contribution in [2.45, 2.75) is 24.6 Å². The molecule has 5 nitrogen and oxygen atoms in total. The molecule has 0 bridgehead atoms. The molecule has 0 spiro atoms. The van der Waals surface area contributed by atoms with E-state index in [1.165, 1.54) is 16.3 Å². The van der Waals surface area contributed by atoms with Gasteiger partial charge in [0.2, 0.25) is 0 Å². The van der Waals surface area contributed by atoms with Gasteiger partial charge in [-0.15, -0.1) is 0 Å². The second-order valence-electron chi connectivity index (χ2n) is 4.69. The average molecular weight is 301 g/mol. The lowest BCUT2D eigenvalue weighted by Gasteiger charge is -2.21. The zero-order valence-corrected chi connectivity index (χ0v) is 12.0. The van der Waals surface area contributed by atoms with Crippen LogP contribution in [0.15, 0.2) is 24.3 Å². The van der Waals surface area contributed by atoms with E-state index in [0.29, 0.717) is 10.7 Å². The van der Waals surface area contributed by atoms with Crippen molar-refractivity contribution >= 4 is 41.2 Å². The van der Waals surface area contributed by atoms with E-state index in [9.17, 15) is 9.59 Å². The fourth-order valence-corrected chi connectivity index (χ4v) is 3.15. The highest BCUT2D eigenvalue weighted by Gasteiger charge is 2.49. The molecular formula is C12H13ClN2O3S. The molecule has 102 valence electrons. The monoisotopic (exact) mass is 300 g/mol. The molecule has 1 unspecified atom stereocenters. The lowest BCUT2D eigenvalue weighted by atomic mass is 10.0. The summed E-state index contributed by atoms with van der Waals surface area (Å²) in [6.07, 6.45) is -1.20. The molecule has 1 aromatic rings. The highest BCUT2D eigenvalue weighted by atomic mass is 35.5. The third-order valence-electron chi connectivity index (χ3n) is 2.80. The summed E-state index contributed by atoms with van der Waals surface area (Å²) in [5.41, 5.74) is 0.683. The van der Waals surface area contributed by atoms with Crippen LogP contribution in [-0.4, -0.2) is 27.9 Å². The van der Waals surface area contributed by atoms with Crippen molar-refractivity contribution in [1.82, 2.24) is 5.32 Å². The Kier molecular flexibility index (Phi) is 3.64. The molecule has 0 aliphatic carbocycles. The molecule has 1 saturated heterocycles. The van der Waals surface area contributed by atoms with Crippen molar-refractivity contribution in [1.29, 1.82) is 0 Å². The first-order valence-corrected chi connectivity index (χ1v) is 6.74. The molecule has 1 aliphatic heterocycles. The largest absolute Gasteiger partial charge is 0.465 e. The molecule has 1 aliphatic rings. The molecule has 1 atom stereocenters. The number of halogens is 1. The number of amides is 2. The van der Waals surface area contributed by atoms with Crippen LogP contribution in [0.3, 0.4) is 0 Å². The molecule has 0 saturated carbocycles. The summed E-state index contributed by atoms with van der Waals surface area (Å²) < 4.78 is 0.950. The summed E-state index contributed by atoms with van der Waals surface area (Å²) in [6, 6.07) is 6.07. The van der Waals surface area contributed by atoms with E-state index < -0.39 is 16.9 Å². The average Bonchev–Trinajstić information content (AvgIpc) is 2.53. The fraction of sp³-hybridized carbons (Fsp3) is 0.333. The SMILES string of the molecule is CC1(C)SN(c2ccc(Cl)cc2)C(=O)C1NC(=O)O. The minimum Gasteiger partial charge on any atom is -0.465 e. The van der Waals surface area contributed by atoms with Crippen LogP contribution < -0.4 is 9.62 Å². The number of rotatable bonds is 2. The van der Waals surface area contributed by atoms with Crippen molar-refractivity contribution in [3.63, 3.8) is 0 Å². The van der Waals surface area contributed by atoms with E-state index in [0.717, 1.165) is 0 Å². The second kappa shape index (κ2) is 4.94. The van der Waals surface area contributed by atoms with Gasteiger partial charge in [0.25, 0.3) is 5.91 Å². The van der Waals surface area contributed by atoms with E-state index in [-0.39, 0.29) is 5.91 Å². The van der Waals surface area contributed by atoms with Crippen LogP contribution in [0.25, 0.3) is 0 Å². The minimum atomic E-state index is -1.20. The first kappa shape index (κ1) is 14.0. The van der Waals surface area contributed by atoms with Crippen molar-refractivity contribution in [2.75, 3.05) is 4.31 Å². The van der Waals surface area contributed by atoms with E-state index in [1.807, 2.05) is 13.8 Å². The zero-order valence-electron chi connectivity index (χ0n) is 10.4. The van der Waals surface area contributed by atoms with Gasteiger partial charge in [-0.2, -0.15) is 0 Å². The smallest absolute Gasteiger partial charge is 0.405 e. The summed E-state index contributed by atoms with van der Waals surface area (Å²) in [5.74, 6) is -0.278. The Morgan fingerprint density at radius 1 is 1.42 bits per heavy atom. The number of carbonyl (C=O) groups excluding carboxylic acids is 1. The van der Waals surface area contributed by atoms with E-state index in [4.69, 9.17) is 16.7 Å². The molecule has 0 radical (unpaired) electrons. The first-order chi connectivity index (χ1) is 8.81. The van der Waals surface area contributed by atoms with Gasteiger partial charge < -0.3 is 10.4 Å². The predicted molar refractivity (Wildman–Crippen MR) is 75.6 cm³/mol. The van der Waals surface area contributed by atoms with E-state index in [1.54, 1.807) is 24.3 Å². The summed E-state index contributed by atoms with van der Waals surface area (Å²) in [5, 5.41) is 11.7. The first-order valence-electron chi connectivity index (χ1n) is 5.59. The number of carbonyl (C=O) groups is 2. The van der Waals surface area contributed by atoms with E-state index >= 15 is 0 Å². The summed E-state index contributed by atoms with van der Waals surface area (Å²) in [6.45, 7) is 3.65. The normalized spacial score (nSPS) is 21.5. The second-order valence-corrected chi connectivity index (χ2v) is 6.72. The number of benzene rings is 1. The van der Waals surface area contributed by atoms with Gasteiger partial charge in [0.05, 0.1) is 10.4 Å². The van der Waals surface area contributed by atoms with Crippen LogP contribution in [0, 0.1) is 0 Å². The van der Waals surface area contributed by atoms with Crippen molar-refractivity contribution in [3.05, 3.63) is 29.3 Å². The maximum atomic E-state index is 12.3. The van der Waals surface area contributed by atoms with Gasteiger partial charge in [0.15, 0.2) is 0 Å². The van der Waals surface area contributed by atoms with Gasteiger partial charge in [-0.3, -0.25) is 9.10 Å². The van der Waals surface area contributed by atoms with Gasteiger partial charge in [-0.25, -0.2) is 4.79 Å². The van der Waals surface area contributed by atoms with Crippen LogP contribution in [0.5, 0.6) is 0 Å². The molecule has 0 aromatic heterocycles. The number of nitrogens with zero attached hydrogens (tertiary/aromatic N) is 1. The minimum absolute atomic E-state index is 0.278. The molecular weight excluding hydrogens is 288 g/mol. The number of hydrogen-bond acceptors (Lipinski definition) is 3. The third kappa shape index (κ3) is 2.79. The molecule has 7 heteroatoms. The Balaban J connectivity index is 2.28. The molecule has 1 fully saturated rings. The lowest BCUT2D eigenvalue weighted by Crippen LogP contribution is -2.49. The van der Waals surface area contributed by atoms with Crippen LogP contribution in [0.1, 0.15) is 13.8 Å². The van der Waals surface area contributed by atoms with Gasteiger partial charge in [-0.1, -0.05) is 11.6 Å². The lowest BCUT2D eigenvalue weighted by molar-refractivity contribution is -0.119. The Morgan fingerprint density at radius 2 is 2.00 bits per heavy atom. The summed E-state index contributed by atoms with van der Waals surface area (Å²) >= 11 is 7.11. The van der Waals surface area contributed by atoms with Gasteiger partial charge in [0.1, 0.15) is 6.04 Å².